The van der Waals surface area contributed by atoms with E-state index < -0.39 is 0 Å². The molecule has 0 N–H and O–H groups in total. The molecule has 146 valence electrons. The van der Waals surface area contributed by atoms with Gasteiger partial charge in [-0.25, -0.2) is 0 Å². The van der Waals surface area contributed by atoms with Crippen molar-refractivity contribution in [1.29, 1.82) is 0 Å². The van der Waals surface area contributed by atoms with Crippen molar-refractivity contribution in [2.45, 2.75) is 19.3 Å². The van der Waals surface area contributed by atoms with Gasteiger partial charge in [-0.2, -0.15) is 0 Å². The molecule has 2 aromatic carbocycles. The molecule has 0 aliphatic heterocycles. The molecular weight excluding hydrogens is 391 g/mol. The molecule has 0 spiro atoms. The highest BCUT2D eigenvalue weighted by molar-refractivity contribution is 6.31. The van der Waals surface area contributed by atoms with E-state index in [9.17, 15) is 9.59 Å². The maximum absolute atomic E-state index is 11.0. The Bertz CT molecular complexity index is 777. The molecule has 5 nitrogen and oxygen atoms in total. The standard InChI is InChI=1S/C10H11ClO3.C10H11ClO2/c1-13-8-3-4-9(11)7(5-8)6-10(12)14-2;1-7(6-12)9-5-8(13-2)3-4-10(9)11/h3-5H,6H2,1-2H3;3-7H,1-2H3. The van der Waals surface area contributed by atoms with Crippen LogP contribution in [0.2, 0.25) is 10.0 Å². The van der Waals surface area contributed by atoms with Gasteiger partial charge in [0.2, 0.25) is 0 Å². The fourth-order valence-corrected chi connectivity index (χ4v) is 2.59. The molecule has 2 rings (SSSR count). The Kier molecular flexibility index (Phi) is 9.68. The SMILES string of the molecule is COC(=O)Cc1cc(OC)ccc1Cl.COc1ccc(Cl)c(C(C)C=O)c1. The maximum Gasteiger partial charge on any atom is 0.310 e. The summed E-state index contributed by atoms with van der Waals surface area (Å²) in [7, 11) is 4.49. The molecule has 0 radical (unpaired) electrons. The Morgan fingerprint density at radius 1 is 1.00 bits per heavy atom. The minimum Gasteiger partial charge on any atom is -0.497 e. The van der Waals surface area contributed by atoms with Gasteiger partial charge in [0.05, 0.1) is 27.8 Å². The molecule has 0 saturated carbocycles. The molecular formula is C20H22Cl2O5. The van der Waals surface area contributed by atoms with Crippen molar-refractivity contribution < 1.29 is 23.8 Å². The van der Waals surface area contributed by atoms with Crippen LogP contribution in [0.15, 0.2) is 36.4 Å². The molecule has 0 amide bonds. The van der Waals surface area contributed by atoms with Crippen molar-refractivity contribution in [3.8, 4) is 11.5 Å². The van der Waals surface area contributed by atoms with E-state index in [1.807, 2.05) is 0 Å². The summed E-state index contributed by atoms with van der Waals surface area (Å²) in [5.41, 5.74) is 1.51. The molecule has 27 heavy (non-hydrogen) atoms. The lowest BCUT2D eigenvalue weighted by Gasteiger charge is -2.08. The zero-order valence-electron chi connectivity index (χ0n) is 15.6. The van der Waals surface area contributed by atoms with Crippen molar-refractivity contribution in [3.05, 3.63) is 57.6 Å². The second-order valence-corrected chi connectivity index (χ2v) is 6.34. The molecule has 1 atom stereocenters. The minimum absolute atomic E-state index is 0.159. The summed E-state index contributed by atoms with van der Waals surface area (Å²) < 4.78 is 14.6. The Morgan fingerprint density at radius 3 is 2.07 bits per heavy atom. The van der Waals surface area contributed by atoms with Gasteiger partial charge in [0, 0.05) is 16.0 Å². The van der Waals surface area contributed by atoms with Crippen molar-refractivity contribution in [3.63, 3.8) is 0 Å². The van der Waals surface area contributed by atoms with Crippen LogP contribution in [0.1, 0.15) is 24.0 Å². The van der Waals surface area contributed by atoms with Crippen LogP contribution in [-0.2, 0) is 20.7 Å². The van der Waals surface area contributed by atoms with E-state index in [2.05, 4.69) is 4.74 Å². The third kappa shape index (κ3) is 7.12. The lowest BCUT2D eigenvalue weighted by molar-refractivity contribution is -0.139. The third-order valence-corrected chi connectivity index (χ3v) is 4.43. The average molecular weight is 413 g/mol. The van der Waals surface area contributed by atoms with E-state index >= 15 is 0 Å². The van der Waals surface area contributed by atoms with Gasteiger partial charge in [0.25, 0.3) is 0 Å². The van der Waals surface area contributed by atoms with Gasteiger partial charge in [-0.15, -0.1) is 0 Å². The summed E-state index contributed by atoms with van der Waals surface area (Å²) in [6.45, 7) is 1.80. The molecule has 0 fully saturated rings. The Hall–Kier alpha value is -2.24. The van der Waals surface area contributed by atoms with E-state index in [0.717, 1.165) is 11.8 Å². The van der Waals surface area contributed by atoms with Crippen molar-refractivity contribution in [2.24, 2.45) is 0 Å². The molecule has 0 aliphatic rings. The van der Waals surface area contributed by atoms with Crippen molar-refractivity contribution >= 4 is 35.5 Å². The number of hydrogen-bond donors (Lipinski definition) is 0. The zero-order valence-corrected chi connectivity index (χ0v) is 17.1. The monoisotopic (exact) mass is 412 g/mol. The summed E-state index contributed by atoms with van der Waals surface area (Å²) in [4.78, 5) is 21.6. The smallest absolute Gasteiger partial charge is 0.310 e. The topological polar surface area (TPSA) is 61.8 Å². The Labute approximate surface area is 169 Å². The second kappa shape index (κ2) is 11.5. The van der Waals surface area contributed by atoms with E-state index in [1.165, 1.54) is 7.11 Å². The lowest BCUT2D eigenvalue weighted by atomic mass is 10.0. The van der Waals surface area contributed by atoms with Crippen LogP contribution in [0.4, 0.5) is 0 Å². The Balaban J connectivity index is 0.000000271. The maximum atomic E-state index is 11.0. The summed E-state index contributed by atoms with van der Waals surface area (Å²) in [5.74, 6) is 0.879. The summed E-state index contributed by atoms with van der Waals surface area (Å²) in [6.07, 6.45) is 1.02. The van der Waals surface area contributed by atoms with Crippen molar-refractivity contribution in [1.82, 2.24) is 0 Å². The van der Waals surface area contributed by atoms with E-state index in [-0.39, 0.29) is 18.3 Å². The van der Waals surface area contributed by atoms with Crippen LogP contribution in [0.5, 0.6) is 11.5 Å². The molecule has 7 heteroatoms. The highest BCUT2D eigenvalue weighted by atomic mass is 35.5. The van der Waals surface area contributed by atoms with Gasteiger partial charge in [-0.3, -0.25) is 4.79 Å². The highest BCUT2D eigenvalue weighted by Crippen LogP contribution is 2.27. The number of rotatable bonds is 6. The predicted octanol–water partition coefficient (Wildman–Crippen LogP) is 4.72. The molecule has 0 heterocycles. The number of carbonyl (C=O) groups excluding carboxylic acids is 2. The predicted molar refractivity (Wildman–Crippen MR) is 106 cm³/mol. The minimum atomic E-state index is -0.319. The van der Waals surface area contributed by atoms with E-state index in [0.29, 0.717) is 27.1 Å². The van der Waals surface area contributed by atoms with Crippen LogP contribution in [-0.4, -0.2) is 33.6 Å². The van der Waals surface area contributed by atoms with Crippen LogP contribution in [0, 0.1) is 0 Å². The summed E-state index contributed by atoms with van der Waals surface area (Å²) in [6, 6.07) is 10.4. The van der Waals surface area contributed by atoms with Crippen LogP contribution in [0.3, 0.4) is 0 Å². The molecule has 1 unspecified atom stereocenters. The molecule has 0 aromatic heterocycles. The van der Waals surface area contributed by atoms with Gasteiger partial charge in [-0.05, 0) is 47.5 Å². The first kappa shape index (κ1) is 22.8. The number of esters is 1. The number of aldehydes is 1. The Morgan fingerprint density at radius 2 is 1.56 bits per heavy atom. The van der Waals surface area contributed by atoms with Gasteiger partial charge in [-0.1, -0.05) is 30.1 Å². The van der Waals surface area contributed by atoms with Crippen LogP contribution in [0.25, 0.3) is 0 Å². The summed E-state index contributed by atoms with van der Waals surface area (Å²) >= 11 is 11.8. The highest BCUT2D eigenvalue weighted by Gasteiger charge is 2.09. The average Bonchev–Trinajstić information content (AvgIpc) is 2.69. The number of carbonyl (C=O) groups is 2. The van der Waals surface area contributed by atoms with E-state index in [1.54, 1.807) is 57.5 Å². The van der Waals surface area contributed by atoms with Crippen LogP contribution >= 0.6 is 23.2 Å². The second-order valence-electron chi connectivity index (χ2n) is 5.52. The summed E-state index contributed by atoms with van der Waals surface area (Å²) in [5, 5.41) is 1.14. The zero-order chi connectivity index (χ0) is 20.4. The number of methoxy groups -OCH3 is 3. The number of benzene rings is 2. The first-order valence-electron chi connectivity index (χ1n) is 8.04. The quantitative estimate of drug-likeness (QED) is 0.507. The normalized spacial score (nSPS) is 10.9. The third-order valence-electron chi connectivity index (χ3n) is 3.71. The lowest BCUT2D eigenvalue weighted by Crippen LogP contribution is -2.05. The van der Waals surface area contributed by atoms with E-state index in [4.69, 9.17) is 32.7 Å². The van der Waals surface area contributed by atoms with Crippen LogP contribution < -0.4 is 9.47 Å². The van der Waals surface area contributed by atoms with Gasteiger partial charge in [0.1, 0.15) is 17.8 Å². The largest absolute Gasteiger partial charge is 0.497 e. The first-order valence-corrected chi connectivity index (χ1v) is 8.79. The first-order chi connectivity index (χ1) is 12.9. The molecule has 0 aliphatic carbocycles. The molecule has 2 aromatic rings. The van der Waals surface area contributed by atoms with Gasteiger partial charge < -0.3 is 19.0 Å². The number of ether oxygens (including phenoxy) is 3. The fraction of sp³-hybridized carbons (Fsp3) is 0.300. The fourth-order valence-electron chi connectivity index (χ4n) is 2.11. The molecule has 0 saturated heterocycles. The van der Waals surface area contributed by atoms with Gasteiger partial charge in [0.15, 0.2) is 0 Å². The van der Waals surface area contributed by atoms with Crippen molar-refractivity contribution in [2.75, 3.05) is 21.3 Å². The number of halogens is 2. The van der Waals surface area contributed by atoms with Gasteiger partial charge >= 0.3 is 5.97 Å². The number of hydrogen-bond acceptors (Lipinski definition) is 5. The molecule has 0 bridgehead atoms.